The van der Waals surface area contributed by atoms with Crippen molar-refractivity contribution in [3.05, 3.63) is 53.8 Å². The van der Waals surface area contributed by atoms with E-state index in [0.29, 0.717) is 11.3 Å². The summed E-state index contributed by atoms with van der Waals surface area (Å²) >= 11 is 0. The van der Waals surface area contributed by atoms with Crippen molar-refractivity contribution in [1.82, 2.24) is 10.2 Å². The summed E-state index contributed by atoms with van der Waals surface area (Å²) in [5.74, 6) is -0.815. The Morgan fingerprint density at radius 2 is 1.69 bits per heavy atom. The molecule has 36 heavy (non-hydrogen) atoms. The number of sulfonamides is 1. The lowest BCUT2D eigenvalue weighted by Gasteiger charge is -2.33. The van der Waals surface area contributed by atoms with Gasteiger partial charge in [0.2, 0.25) is 21.8 Å². The highest BCUT2D eigenvalue weighted by molar-refractivity contribution is 7.92. The number of nitrogens with one attached hydrogen (secondary N) is 1. The molecule has 1 N–H and O–H groups in total. The van der Waals surface area contributed by atoms with Gasteiger partial charge in [-0.15, -0.1) is 0 Å². The average molecular weight is 524 g/mol. The zero-order valence-corrected chi connectivity index (χ0v) is 22.3. The maximum absolute atomic E-state index is 13.7. The van der Waals surface area contributed by atoms with E-state index in [9.17, 15) is 22.4 Å². The number of carbonyl (C=O) groups excluding carboxylic acids is 2. The molecule has 2 rings (SSSR count). The normalized spacial score (nSPS) is 12.1. The van der Waals surface area contributed by atoms with Crippen LogP contribution in [0.25, 0.3) is 0 Å². The number of nitrogens with zero attached hydrogens (tertiary/aromatic N) is 2. The van der Waals surface area contributed by atoms with Crippen LogP contribution >= 0.6 is 0 Å². The minimum absolute atomic E-state index is 0.0179. The fourth-order valence-corrected chi connectivity index (χ4v) is 4.52. The molecule has 0 bridgehead atoms. The zero-order chi connectivity index (χ0) is 27.0. The fraction of sp³-hybridized carbons (Fsp3) is 0.440. The first kappa shape index (κ1) is 28.9. The summed E-state index contributed by atoms with van der Waals surface area (Å²) in [6.07, 6.45) is 1.26. The van der Waals surface area contributed by atoms with E-state index in [1.165, 1.54) is 55.5 Å². The molecule has 9 nitrogen and oxygen atoms in total. The summed E-state index contributed by atoms with van der Waals surface area (Å²) < 4.78 is 50.6. The molecule has 0 heterocycles. The number of benzene rings is 2. The number of hydrogen-bond donors (Lipinski definition) is 1. The minimum Gasteiger partial charge on any atom is -0.497 e. The van der Waals surface area contributed by atoms with Gasteiger partial charge >= 0.3 is 0 Å². The van der Waals surface area contributed by atoms with E-state index in [1.54, 1.807) is 26.8 Å². The number of rotatable bonds is 12. The molecular weight excluding hydrogens is 489 g/mol. The van der Waals surface area contributed by atoms with E-state index in [-0.39, 0.29) is 36.4 Å². The molecule has 0 spiro atoms. The molecule has 0 fully saturated rings. The number of ether oxygens (including phenoxy) is 2. The molecule has 11 heteroatoms. The quantitative estimate of drug-likeness (QED) is 0.459. The number of amides is 2. The first-order valence-corrected chi connectivity index (χ1v) is 13.3. The zero-order valence-electron chi connectivity index (χ0n) is 21.4. The Labute approximate surface area is 212 Å². The van der Waals surface area contributed by atoms with Gasteiger partial charge in [0.05, 0.1) is 26.2 Å². The summed E-state index contributed by atoms with van der Waals surface area (Å²) in [6.45, 7) is 4.76. The SMILES string of the molecule is CC[C@@H](C(=O)NC(C)C)N(Cc1ccc(F)cc1)C(=O)CN(c1cc(OC)ccc1OC)S(C)(=O)=O. The lowest BCUT2D eigenvalue weighted by Crippen LogP contribution is -2.53. The van der Waals surface area contributed by atoms with Gasteiger partial charge in [-0.05, 0) is 50.1 Å². The van der Waals surface area contributed by atoms with E-state index < -0.39 is 34.3 Å². The standard InChI is InChI=1S/C25H34FN3O6S/c1-7-21(25(31)27-17(2)3)28(15-18-8-10-19(26)11-9-18)24(30)16-29(36(6,32)33)22-14-20(34-4)12-13-23(22)35-5/h8-14,17,21H,7,15-16H2,1-6H3,(H,27,31)/t21-/m0/s1. The third-order valence-electron chi connectivity index (χ3n) is 5.42. The first-order chi connectivity index (χ1) is 16.9. The maximum Gasteiger partial charge on any atom is 0.244 e. The number of carbonyl (C=O) groups is 2. The van der Waals surface area contributed by atoms with Crippen molar-refractivity contribution in [3.8, 4) is 11.5 Å². The number of anilines is 1. The second-order valence-corrected chi connectivity index (χ2v) is 10.4. The Bertz CT molecular complexity index is 1150. The van der Waals surface area contributed by atoms with E-state index in [4.69, 9.17) is 9.47 Å². The Balaban J connectivity index is 2.52. The molecule has 2 aromatic carbocycles. The summed E-state index contributed by atoms with van der Waals surface area (Å²) in [5, 5.41) is 2.81. The van der Waals surface area contributed by atoms with Crippen LogP contribution in [0.5, 0.6) is 11.5 Å². The van der Waals surface area contributed by atoms with Crippen molar-refractivity contribution in [2.75, 3.05) is 31.3 Å². The first-order valence-electron chi connectivity index (χ1n) is 11.4. The molecule has 0 saturated carbocycles. The predicted molar refractivity (Wildman–Crippen MR) is 136 cm³/mol. The van der Waals surface area contributed by atoms with Gasteiger partial charge in [0, 0.05) is 18.7 Å². The molecule has 0 aliphatic carbocycles. The Hall–Kier alpha value is -3.34. The molecule has 0 radical (unpaired) electrons. The molecule has 0 saturated heterocycles. The van der Waals surface area contributed by atoms with Crippen LogP contribution in [0.15, 0.2) is 42.5 Å². The summed E-state index contributed by atoms with van der Waals surface area (Å²) in [6, 6.07) is 9.12. The number of methoxy groups -OCH3 is 2. The van der Waals surface area contributed by atoms with E-state index in [1.807, 2.05) is 0 Å². The second-order valence-electron chi connectivity index (χ2n) is 8.54. The molecule has 0 unspecified atom stereocenters. The Morgan fingerprint density at radius 1 is 1.06 bits per heavy atom. The summed E-state index contributed by atoms with van der Waals surface area (Å²) in [5.41, 5.74) is 0.708. The molecule has 2 aromatic rings. The van der Waals surface area contributed by atoms with Crippen LogP contribution in [0.4, 0.5) is 10.1 Å². The topological polar surface area (TPSA) is 105 Å². The minimum atomic E-state index is -3.95. The Kier molecular flexibility index (Phi) is 10.1. The van der Waals surface area contributed by atoms with Gasteiger partial charge in [-0.3, -0.25) is 13.9 Å². The highest BCUT2D eigenvalue weighted by Gasteiger charge is 2.33. The van der Waals surface area contributed by atoms with Crippen LogP contribution in [-0.4, -0.2) is 64.2 Å². The van der Waals surface area contributed by atoms with Crippen LogP contribution in [0.2, 0.25) is 0 Å². The number of halogens is 1. The van der Waals surface area contributed by atoms with E-state index >= 15 is 0 Å². The maximum atomic E-state index is 13.7. The van der Waals surface area contributed by atoms with Crippen LogP contribution < -0.4 is 19.1 Å². The van der Waals surface area contributed by atoms with Gasteiger partial charge in [-0.2, -0.15) is 0 Å². The van der Waals surface area contributed by atoms with Crippen LogP contribution in [0, 0.1) is 5.82 Å². The monoisotopic (exact) mass is 523 g/mol. The van der Waals surface area contributed by atoms with Gasteiger partial charge in [0.25, 0.3) is 0 Å². The van der Waals surface area contributed by atoms with Crippen molar-refractivity contribution >= 4 is 27.5 Å². The third-order valence-corrected chi connectivity index (χ3v) is 6.54. The van der Waals surface area contributed by atoms with Crippen molar-refractivity contribution in [2.45, 2.75) is 45.8 Å². The molecule has 0 aliphatic rings. The molecule has 1 atom stereocenters. The van der Waals surface area contributed by atoms with Crippen LogP contribution in [0.1, 0.15) is 32.8 Å². The van der Waals surface area contributed by atoms with Gasteiger partial charge in [0.15, 0.2) is 0 Å². The van der Waals surface area contributed by atoms with Crippen LogP contribution in [-0.2, 0) is 26.2 Å². The van der Waals surface area contributed by atoms with Crippen molar-refractivity contribution in [2.24, 2.45) is 0 Å². The highest BCUT2D eigenvalue weighted by atomic mass is 32.2. The smallest absolute Gasteiger partial charge is 0.244 e. The lowest BCUT2D eigenvalue weighted by molar-refractivity contribution is -0.140. The molecule has 0 aliphatic heterocycles. The fourth-order valence-electron chi connectivity index (χ4n) is 3.67. The lowest BCUT2D eigenvalue weighted by atomic mass is 10.1. The average Bonchev–Trinajstić information content (AvgIpc) is 2.81. The molecular formula is C25H34FN3O6S. The van der Waals surface area contributed by atoms with E-state index in [0.717, 1.165) is 10.6 Å². The third kappa shape index (κ3) is 7.58. The summed E-state index contributed by atoms with van der Waals surface area (Å²) in [4.78, 5) is 28.0. The molecule has 2 amide bonds. The van der Waals surface area contributed by atoms with Crippen molar-refractivity contribution in [3.63, 3.8) is 0 Å². The molecule has 0 aromatic heterocycles. The summed E-state index contributed by atoms with van der Waals surface area (Å²) in [7, 11) is -1.13. The largest absolute Gasteiger partial charge is 0.497 e. The highest BCUT2D eigenvalue weighted by Crippen LogP contribution is 2.34. The van der Waals surface area contributed by atoms with Crippen LogP contribution in [0.3, 0.4) is 0 Å². The van der Waals surface area contributed by atoms with Gasteiger partial charge in [0.1, 0.15) is 29.9 Å². The second kappa shape index (κ2) is 12.6. The predicted octanol–water partition coefficient (Wildman–Crippen LogP) is 2.94. The Morgan fingerprint density at radius 3 is 2.19 bits per heavy atom. The van der Waals surface area contributed by atoms with Gasteiger partial charge in [-0.1, -0.05) is 19.1 Å². The molecule has 198 valence electrons. The van der Waals surface area contributed by atoms with Crippen molar-refractivity contribution in [1.29, 1.82) is 0 Å². The van der Waals surface area contributed by atoms with E-state index in [2.05, 4.69) is 5.32 Å². The van der Waals surface area contributed by atoms with Gasteiger partial charge in [-0.25, -0.2) is 12.8 Å². The van der Waals surface area contributed by atoms with Gasteiger partial charge < -0.3 is 19.7 Å². The number of hydrogen-bond acceptors (Lipinski definition) is 6. The van der Waals surface area contributed by atoms with Crippen molar-refractivity contribution < 1.29 is 31.9 Å².